The minimum Gasteiger partial charge on any atom is -0.468 e. The highest BCUT2D eigenvalue weighted by atomic mass is 16.5. The average Bonchev–Trinajstić information content (AvgIpc) is 3.10. The Labute approximate surface area is 153 Å². The third-order valence-corrected chi connectivity index (χ3v) is 4.08. The van der Waals surface area contributed by atoms with Crippen molar-refractivity contribution in [2.75, 3.05) is 13.7 Å². The molecular formula is C19H25N3O4. The molecule has 0 saturated carbocycles. The van der Waals surface area contributed by atoms with Crippen LogP contribution >= 0.6 is 0 Å². The summed E-state index contributed by atoms with van der Waals surface area (Å²) in [6.07, 6.45) is 0.520. The van der Waals surface area contributed by atoms with E-state index in [1.807, 2.05) is 45.0 Å². The van der Waals surface area contributed by atoms with E-state index in [1.165, 1.54) is 12.0 Å². The zero-order chi connectivity index (χ0) is 19.1. The van der Waals surface area contributed by atoms with Crippen molar-refractivity contribution in [3.63, 3.8) is 0 Å². The van der Waals surface area contributed by atoms with E-state index in [2.05, 4.69) is 10.1 Å². The maximum absolute atomic E-state index is 12.7. The maximum atomic E-state index is 12.7. The van der Waals surface area contributed by atoms with Gasteiger partial charge in [0.2, 0.25) is 11.8 Å². The molecule has 0 atom stereocenters. The van der Waals surface area contributed by atoms with Crippen LogP contribution in [0.3, 0.4) is 0 Å². The van der Waals surface area contributed by atoms with E-state index in [-0.39, 0.29) is 24.8 Å². The number of rotatable bonds is 8. The number of carbonyl (C=O) groups is 2. The van der Waals surface area contributed by atoms with Crippen molar-refractivity contribution in [2.24, 2.45) is 0 Å². The molecule has 1 heterocycles. The fourth-order valence-electron chi connectivity index (χ4n) is 2.42. The monoisotopic (exact) mass is 359 g/mol. The van der Waals surface area contributed by atoms with Crippen molar-refractivity contribution < 1.29 is 18.8 Å². The standard InChI is InChI=1S/C19H25N3O4/c1-13(2)19-20-16(26-21-19)9-10-17(23)22(12-18(24)25-4)11-15-8-6-5-7-14(15)3/h5-8,13H,9-12H2,1-4H3. The molecule has 0 unspecified atom stereocenters. The second-order valence-corrected chi connectivity index (χ2v) is 6.45. The molecule has 0 spiro atoms. The lowest BCUT2D eigenvalue weighted by Gasteiger charge is -2.22. The van der Waals surface area contributed by atoms with Crippen LogP contribution in [-0.4, -0.2) is 40.6 Å². The number of nitrogens with zero attached hydrogens (tertiary/aromatic N) is 3. The van der Waals surface area contributed by atoms with Gasteiger partial charge < -0.3 is 14.2 Å². The number of amides is 1. The molecule has 1 aromatic carbocycles. The molecule has 0 saturated heterocycles. The van der Waals surface area contributed by atoms with Crippen molar-refractivity contribution >= 4 is 11.9 Å². The minimum atomic E-state index is -0.452. The smallest absolute Gasteiger partial charge is 0.325 e. The van der Waals surface area contributed by atoms with Crippen molar-refractivity contribution in [2.45, 2.75) is 46.1 Å². The molecule has 7 nitrogen and oxygen atoms in total. The largest absolute Gasteiger partial charge is 0.468 e. The molecule has 0 aliphatic rings. The van der Waals surface area contributed by atoms with Crippen LogP contribution in [-0.2, 0) is 27.3 Å². The first-order valence-electron chi connectivity index (χ1n) is 8.62. The first-order chi connectivity index (χ1) is 12.4. The summed E-state index contributed by atoms with van der Waals surface area (Å²) in [4.78, 5) is 30.1. The number of methoxy groups -OCH3 is 1. The lowest BCUT2D eigenvalue weighted by molar-refractivity contribution is -0.147. The number of hydrogen-bond acceptors (Lipinski definition) is 6. The van der Waals surface area contributed by atoms with Gasteiger partial charge >= 0.3 is 5.97 Å². The molecule has 0 aliphatic heterocycles. The molecule has 140 valence electrons. The van der Waals surface area contributed by atoms with Crippen LogP contribution in [0.4, 0.5) is 0 Å². The first-order valence-corrected chi connectivity index (χ1v) is 8.62. The van der Waals surface area contributed by atoms with Crippen LogP contribution in [0.15, 0.2) is 28.8 Å². The summed E-state index contributed by atoms with van der Waals surface area (Å²) in [7, 11) is 1.31. The lowest BCUT2D eigenvalue weighted by atomic mass is 10.1. The number of benzene rings is 1. The zero-order valence-electron chi connectivity index (χ0n) is 15.7. The fourth-order valence-corrected chi connectivity index (χ4v) is 2.42. The Hall–Kier alpha value is -2.70. The van der Waals surface area contributed by atoms with Crippen molar-refractivity contribution in [1.82, 2.24) is 15.0 Å². The number of aryl methyl sites for hydroxylation is 2. The molecule has 2 rings (SSSR count). The van der Waals surface area contributed by atoms with Gasteiger partial charge in [-0.2, -0.15) is 4.98 Å². The second kappa shape index (κ2) is 9.12. The van der Waals surface area contributed by atoms with Crippen LogP contribution in [0.5, 0.6) is 0 Å². The lowest BCUT2D eigenvalue weighted by Crippen LogP contribution is -2.36. The van der Waals surface area contributed by atoms with E-state index < -0.39 is 5.97 Å². The van der Waals surface area contributed by atoms with Gasteiger partial charge in [-0.1, -0.05) is 43.3 Å². The molecule has 0 bridgehead atoms. The number of aromatic nitrogens is 2. The average molecular weight is 359 g/mol. The Kier molecular flexibility index (Phi) is 6.89. The summed E-state index contributed by atoms with van der Waals surface area (Å²) in [6.45, 7) is 6.18. The number of ether oxygens (including phenoxy) is 1. The molecular weight excluding hydrogens is 334 g/mol. The van der Waals surface area contributed by atoms with Crippen molar-refractivity contribution in [1.29, 1.82) is 0 Å². The van der Waals surface area contributed by atoms with Crippen LogP contribution in [0, 0.1) is 6.92 Å². The summed E-state index contributed by atoms with van der Waals surface area (Å²) < 4.78 is 9.89. The highest BCUT2D eigenvalue weighted by Gasteiger charge is 2.20. The third-order valence-electron chi connectivity index (χ3n) is 4.08. The Balaban J connectivity index is 2.04. The van der Waals surface area contributed by atoms with Gasteiger partial charge in [0.05, 0.1) is 7.11 Å². The molecule has 1 aromatic heterocycles. The topological polar surface area (TPSA) is 85.5 Å². The van der Waals surface area contributed by atoms with Gasteiger partial charge in [-0.05, 0) is 18.1 Å². The Bertz CT molecular complexity index is 755. The Morgan fingerprint density at radius 3 is 2.62 bits per heavy atom. The highest BCUT2D eigenvalue weighted by Crippen LogP contribution is 2.14. The van der Waals surface area contributed by atoms with Gasteiger partial charge in [-0.15, -0.1) is 0 Å². The van der Waals surface area contributed by atoms with Crippen molar-refractivity contribution in [3.8, 4) is 0 Å². The molecule has 2 aromatic rings. The molecule has 0 aliphatic carbocycles. The summed E-state index contributed by atoms with van der Waals surface area (Å²) >= 11 is 0. The predicted molar refractivity (Wildman–Crippen MR) is 95.3 cm³/mol. The first kappa shape index (κ1) is 19.6. The van der Waals surface area contributed by atoms with Crippen LogP contribution < -0.4 is 0 Å². The van der Waals surface area contributed by atoms with Gasteiger partial charge in [0, 0.05) is 25.3 Å². The van der Waals surface area contributed by atoms with Crippen LogP contribution in [0.1, 0.15) is 49.0 Å². The summed E-state index contributed by atoms with van der Waals surface area (Å²) in [5.41, 5.74) is 2.05. The summed E-state index contributed by atoms with van der Waals surface area (Å²) in [6, 6.07) is 7.77. The number of carbonyl (C=O) groups excluding carboxylic acids is 2. The number of esters is 1. The van der Waals surface area contributed by atoms with Gasteiger partial charge in [-0.3, -0.25) is 9.59 Å². The molecule has 0 N–H and O–H groups in total. The van der Waals surface area contributed by atoms with E-state index in [1.54, 1.807) is 0 Å². The fraction of sp³-hybridized carbons (Fsp3) is 0.474. The predicted octanol–water partition coefficient (Wildman–Crippen LogP) is 2.64. The summed E-state index contributed by atoms with van der Waals surface area (Å²) in [5, 5.41) is 3.89. The van der Waals surface area contributed by atoms with Crippen LogP contribution in [0.2, 0.25) is 0 Å². The van der Waals surface area contributed by atoms with E-state index in [0.717, 1.165) is 11.1 Å². The highest BCUT2D eigenvalue weighted by molar-refractivity contribution is 5.82. The third kappa shape index (κ3) is 5.40. The van der Waals surface area contributed by atoms with Gasteiger partial charge in [0.15, 0.2) is 5.82 Å². The molecule has 1 amide bonds. The quantitative estimate of drug-likeness (QED) is 0.674. The Morgan fingerprint density at radius 2 is 2.00 bits per heavy atom. The SMILES string of the molecule is COC(=O)CN(Cc1ccccc1C)C(=O)CCc1nc(C(C)C)no1. The van der Waals surface area contributed by atoms with Gasteiger partial charge in [0.1, 0.15) is 6.54 Å². The normalized spacial score (nSPS) is 10.8. The second-order valence-electron chi connectivity index (χ2n) is 6.45. The maximum Gasteiger partial charge on any atom is 0.325 e. The molecule has 0 radical (unpaired) electrons. The molecule has 7 heteroatoms. The summed E-state index contributed by atoms with van der Waals surface area (Å²) in [5.74, 6) is 0.601. The Morgan fingerprint density at radius 1 is 1.27 bits per heavy atom. The minimum absolute atomic E-state index is 0.0925. The molecule has 26 heavy (non-hydrogen) atoms. The van der Waals surface area contributed by atoms with Crippen LogP contribution in [0.25, 0.3) is 0 Å². The number of hydrogen-bond donors (Lipinski definition) is 0. The zero-order valence-corrected chi connectivity index (χ0v) is 15.7. The van der Waals surface area contributed by atoms with Gasteiger partial charge in [0.25, 0.3) is 0 Å². The van der Waals surface area contributed by atoms with E-state index in [9.17, 15) is 9.59 Å². The van der Waals surface area contributed by atoms with Crippen molar-refractivity contribution in [3.05, 3.63) is 47.1 Å². The van der Waals surface area contributed by atoms with E-state index in [4.69, 9.17) is 9.26 Å². The van der Waals surface area contributed by atoms with E-state index in [0.29, 0.717) is 24.7 Å². The van der Waals surface area contributed by atoms with Gasteiger partial charge in [-0.25, -0.2) is 0 Å². The van der Waals surface area contributed by atoms with E-state index >= 15 is 0 Å². The molecule has 0 fully saturated rings.